The molecule has 114 valence electrons. The summed E-state index contributed by atoms with van der Waals surface area (Å²) in [5.41, 5.74) is 0.266. The number of aliphatic carboxylic acids is 1. The van der Waals surface area contributed by atoms with Gasteiger partial charge in [-0.15, -0.1) is 0 Å². The standard InChI is InChI=1S/C15H18ClNO4/c1-9(15(19)20)17-14(18)12-8-10(16)6-7-13(12)21-11-4-2-3-5-11/h6-9,11H,2-5H2,1H3,(H,17,18)(H,19,20)/t9-/m0/s1. The molecule has 0 unspecified atom stereocenters. The molecule has 6 heteroatoms. The zero-order valence-corrected chi connectivity index (χ0v) is 12.5. The quantitative estimate of drug-likeness (QED) is 0.876. The molecule has 21 heavy (non-hydrogen) atoms. The van der Waals surface area contributed by atoms with Gasteiger partial charge in [-0.3, -0.25) is 9.59 Å². The molecule has 0 saturated heterocycles. The molecule has 1 atom stereocenters. The second kappa shape index (κ2) is 6.80. The molecule has 2 rings (SSSR count). The molecule has 0 aromatic heterocycles. The van der Waals surface area contributed by atoms with Crippen molar-refractivity contribution in [2.45, 2.75) is 44.8 Å². The van der Waals surface area contributed by atoms with Gasteiger partial charge in [0.1, 0.15) is 11.8 Å². The van der Waals surface area contributed by atoms with Crippen molar-refractivity contribution in [2.24, 2.45) is 0 Å². The number of carboxylic acid groups (broad SMARTS) is 1. The van der Waals surface area contributed by atoms with E-state index in [1.807, 2.05) is 0 Å². The molecule has 1 aromatic carbocycles. The van der Waals surface area contributed by atoms with Gasteiger partial charge in [-0.05, 0) is 50.8 Å². The van der Waals surface area contributed by atoms with Gasteiger partial charge in [0.25, 0.3) is 5.91 Å². The van der Waals surface area contributed by atoms with Crippen molar-refractivity contribution in [1.29, 1.82) is 0 Å². The number of amides is 1. The van der Waals surface area contributed by atoms with Gasteiger partial charge in [0, 0.05) is 5.02 Å². The molecule has 5 nitrogen and oxygen atoms in total. The van der Waals surface area contributed by atoms with E-state index in [1.165, 1.54) is 13.0 Å². The molecule has 0 aliphatic heterocycles. The molecule has 2 N–H and O–H groups in total. The SMILES string of the molecule is C[C@H](NC(=O)c1cc(Cl)ccc1OC1CCCC1)C(=O)O. The largest absolute Gasteiger partial charge is 0.490 e. The van der Waals surface area contributed by atoms with Gasteiger partial charge in [-0.2, -0.15) is 0 Å². The molecule has 0 heterocycles. The van der Waals surface area contributed by atoms with Crippen LogP contribution in [-0.2, 0) is 4.79 Å². The summed E-state index contributed by atoms with van der Waals surface area (Å²) < 4.78 is 5.86. The highest BCUT2D eigenvalue weighted by Gasteiger charge is 2.22. The van der Waals surface area contributed by atoms with E-state index in [4.69, 9.17) is 21.4 Å². The number of nitrogens with one attached hydrogen (secondary N) is 1. The first-order chi connectivity index (χ1) is 9.97. The van der Waals surface area contributed by atoms with E-state index in [-0.39, 0.29) is 11.7 Å². The molecule has 1 fully saturated rings. The second-order valence-corrected chi connectivity index (χ2v) is 5.63. The molecule has 0 radical (unpaired) electrons. The van der Waals surface area contributed by atoms with E-state index in [2.05, 4.69) is 5.32 Å². The lowest BCUT2D eigenvalue weighted by molar-refractivity contribution is -0.138. The van der Waals surface area contributed by atoms with Crippen LogP contribution in [0.4, 0.5) is 0 Å². The molecule has 1 aliphatic rings. The number of carbonyl (C=O) groups is 2. The van der Waals surface area contributed by atoms with Crippen molar-refractivity contribution in [3.63, 3.8) is 0 Å². The van der Waals surface area contributed by atoms with Gasteiger partial charge >= 0.3 is 5.97 Å². The van der Waals surface area contributed by atoms with Crippen LogP contribution >= 0.6 is 11.6 Å². The first-order valence-corrected chi connectivity index (χ1v) is 7.35. The highest BCUT2D eigenvalue weighted by atomic mass is 35.5. The van der Waals surface area contributed by atoms with E-state index in [0.29, 0.717) is 10.8 Å². The summed E-state index contributed by atoms with van der Waals surface area (Å²) in [5.74, 6) is -1.15. The van der Waals surface area contributed by atoms with Gasteiger partial charge < -0.3 is 15.2 Å². The van der Waals surface area contributed by atoms with Crippen molar-refractivity contribution in [2.75, 3.05) is 0 Å². The van der Waals surface area contributed by atoms with Crippen LogP contribution in [0.25, 0.3) is 0 Å². The summed E-state index contributed by atoms with van der Waals surface area (Å²) >= 11 is 5.92. The lowest BCUT2D eigenvalue weighted by Crippen LogP contribution is -2.38. The monoisotopic (exact) mass is 311 g/mol. The van der Waals surface area contributed by atoms with Crippen molar-refractivity contribution < 1.29 is 19.4 Å². The molecule has 1 saturated carbocycles. The average molecular weight is 312 g/mol. The number of hydrogen-bond donors (Lipinski definition) is 2. The normalized spacial score (nSPS) is 16.5. The lowest BCUT2D eigenvalue weighted by atomic mass is 10.1. The van der Waals surface area contributed by atoms with E-state index in [0.717, 1.165) is 25.7 Å². The van der Waals surface area contributed by atoms with Crippen LogP contribution in [0.5, 0.6) is 5.75 Å². The minimum atomic E-state index is -1.09. The van der Waals surface area contributed by atoms with Crippen LogP contribution in [0.15, 0.2) is 18.2 Å². The summed E-state index contributed by atoms with van der Waals surface area (Å²) in [6, 6.07) is 3.83. The summed E-state index contributed by atoms with van der Waals surface area (Å²) in [4.78, 5) is 23.0. The number of ether oxygens (including phenoxy) is 1. The Bertz CT molecular complexity index is 540. The number of halogens is 1. The van der Waals surface area contributed by atoms with Gasteiger partial charge in [-0.1, -0.05) is 11.6 Å². The second-order valence-electron chi connectivity index (χ2n) is 5.20. The maximum atomic E-state index is 12.2. The number of rotatable bonds is 5. The summed E-state index contributed by atoms with van der Waals surface area (Å²) in [5, 5.41) is 11.7. The van der Waals surface area contributed by atoms with E-state index >= 15 is 0 Å². The highest BCUT2D eigenvalue weighted by molar-refractivity contribution is 6.31. The van der Waals surface area contributed by atoms with Crippen LogP contribution in [0.2, 0.25) is 5.02 Å². The fraction of sp³-hybridized carbons (Fsp3) is 0.467. The zero-order valence-electron chi connectivity index (χ0n) is 11.8. The molecule has 0 bridgehead atoms. The topological polar surface area (TPSA) is 75.6 Å². The summed E-state index contributed by atoms with van der Waals surface area (Å²) in [6.45, 7) is 1.41. The summed E-state index contributed by atoms with van der Waals surface area (Å²) in [6.07, 6.45) is 4.28. The molecular weight excluding hydrogens is 294 g/mol. The third-order valence-corrected chi connectivity index (χ3v) is 3.74. The van der Waals surface area contributed by atoms with E-state index < -0.39 is 17.9 Å². The zero-order chi connectivity index (χ0) is 15.4. The number of benzene rings is 1. The Labute approximate surface area is 128 Å². The fourth-order valence-electron chi connectivity index (χ4n) is 2.30. The van der Waals surface area contributed by atoms with Crippen LogP contribution in [0.3, 0.4) is 0 Å². The van der Waals surface area contributed by atoms with Crippen molar-refractivity contribution >= 4 is 23.5 Å². The average Bonchev–Trinajstić information content (AvgIpc) is 2.93. The summed E-state index contributed by atoms with van der Waals surface area (Å²) in [7, 11) is 0. The Morgan fingerprint density at radius 1 is 1.38 bits per heavy atom. The first-order valence-electron chi connectivity index (χ1n) is 6.97. The molecule has 1 amide bonds. The van der Waals surface area contributed by atoms with Gasteiger partial charge in [0.15, 0.2) is 0 Å². The fourth-order valence-corrected chi connectivity index (χ4v) is 2.48. The Hall–Kier alpha value is -1.75. The van der Waals surface area contributed by atoms with Crippen LogP contribution in [-0.4, -0.2) is 29.1 Å². The third-order valence-electron chi connectivity index (χ3n) is 3.50. The Kier molecular flexibility index (Phi) is 5.07. The maximum absolute atomic E-state index is 12.2. The predicted molar refractivity (Wildman–Crippen MR) is 78.9 cm³/mol. The van der Waals surface area contributed by atoms with Gasteiger partial charge in [0.2, 0.25) is 0 Å². The highest BCUT2D eigenvalue weighted by Crippen LogP contribution is 2.28. The molecular formula is C15H18ClNO4. The van der Waals surface area contributed by atoms with Crippen molar-refractivity contribution in [3.8, 4) is 5.75 Å². The minimum absolute atomic E-state index is 0.106. The van der Waals surface area contributed by atoms with Gasteiger partial charge in [-0.25, -0.2) is 0 Å². The molecule has 1 aromatic rings. The third kappa shape index (κ3) is 4.11. The minimum Gasteiger partial charge on any atom is -0.490 e. The van der Waals surface area contributed by atoms with Crippen molar-refractivity contribution in [1.82, 2.24) is 5.32 Å². The smallest absolute Gasteiger partial charge is 0.325 e. The lowest BCUT2D eigenvalue weighted by Gasteiger charge is -2.17. The maximum Gasteiger partial charge on any atom is 0.325 e. The molecule has 1 aliphatic carbocycles. The molecule has 0 spiro atoms. The van der Waals surface area contributed by atoms with Crippen LogP contribution in [0.1, 0.15) is 43.0 Å². The van der Waals surface area contributed by atoms with E-state index in [1.54, 1.807) is 12.1 Å². The number of carbonyl (C=O) groups excluding carboxylic acids is 1. The van der Waals surface area contributed by atoms with Crippen LogP contribution < -0.4 is 10.1 Å². The van der Waals surface area contributed by atoms with E-state index in [9.17, 15) is 9.59 Å². The Balaban J connectivity index is 2.17. The number of hydrogen-bond acceptors (Lipinski definition) is 3. The predicted octanol–water partition coefficient (Wildman–Crippen LogP) is 2.86. The van der Waals surface area contributed by atoms with Gasteiger partial charge in [0.05, 0.1) is 11.7 Å². The Morgan fingerprint density at radius 3 is 2.67 bits per heavy atom. The Morgan fingerprint density at radius 2 is 2.05 bits per heavy atom. The van der Waals surface area contributed by atoms with Crippen LogP contribution in [0, 0.1) is 0 Å². The number of carboxylic acids is 1. The first kappa shape index (κ1) is 15.6. The van der Waals surface area contributed by atoms with Crippen molar-refractivity contribution in [3.05, 3.63) is 28.8 Å².